The number of nitrogens with one attached hydrogen (secondary N) is 1. The number of rotatable bonds is 6. The number of thioether (sulfide) groups is 1. The van der Waals surface area contributed by atoms with Crippen LogP contribution in [0.3, 0.4) is 0 Å². The van der Waals surface area contributed by atoms with Crippen molar-refractivity contribution in [3.05, 3.63) is 52.2 Å². The monoisotopic (exact) mass is 320 g/mol. The van der Waals surface area contributed by atoms with Crippen molar-refractivity contribution in [1.82, 2.24) is 10.2 Å². The molecule has 1 heterocycles. The SMILES string of the molecule is CSc1ccccc1C(=O)NCC(c1ccsc1)N(C)C. The molecule has 0 radical (unpaired) electrons. The third kappa shape index (κ3) is 4.09. The molecule has 2 aromatic rings. The highest BCUT2D eigenvalue weighted by molar-refractivity contribution is 7.98. The Morgan fingerprint density at radius 3 is 2.71 bits per heavy atom. The normalized spacial score (nSPS) is 12.4. The van der Waals surface area contributed by atoms with Crippen LogP contribution in [0.15, 0.2) is 46.0 Å². The lowest BCUT2D eigenvalue weighted by Gasteiger charge is -2.24. The Labute approximate surface area is 134 Å². The molecule has 21 heavy (non-hydrogen) atoms. The summed E-state index contributed by atoms with van der Waals surface area (Å²) < 4.78 is 0. The number of hydrogen-bond acceptors (Lipinski definition) is 4. The molecule has 0 aliphatic carbocycles. The predicted octanol–water partition coefficient (Wildman–Crippen LogP) is 3.50. The van der Waals surface area contributed by atoms with Gasteiger partial charge < -0.3 is 10.2 Å². The van der Waals surface area contributed by atoms with Crippen LogP contribution in [0.4, 0.5) is 0 Å². The Morgan fingerprint density at radius 1 is 1.33 bits per heavy atom. The van der Waals surface area contributed by atoms with E-state index in [4.69, 9.17) is 0 Å². The van der Waals surface area contributed by atoms with Crippen molar-refractivity contribution in [3.63, 3.8) is 0 Å². The zero-order valence-electron chi connectivity index (χ0n) is 12.5. The van der Waals surface area contributed by atoms with Crippen molar-refractivity contribution in [1.29, 1.82) is 0 Å². The van der Waals surface area contributed by atoms with Gasteiger partial charge in [-0.2, -0.15) is 11.3 Å². The number of carbonyl (C=O) groups excluding carboxylic acids is 1. The maximum atomic E-state index is 12.4. The molecule has 1 N–H and O–H groups in total. The third-order valence-electron chi connectivity index (χ3n) is 3.36. The predicted molar refractivity (Wildman–Crippen MR) is 91.3 cm³/mol. The Kier molecular flexibility index (Phi) is 5.85. The zero-order chi connectivity index (χ0) is 15.2. The van der Waals surface area contributed by atoms with Crippen molar-refractivity contribution in [2.24, 2.45) is 0 Å². The van der Waals surface area contributed by atoms with E-state index >= 15 is 0 Å². The highest BCUT2D eigenvalue weighted by Gasteiger charge is 2.17. The number of amides is 1. The summed E-state index contributed by atoms with van der Waals surface area (Å²) >= 11 is 3.27. The van der Waals surface area contributed by atoms with E-state index in [2.05, 4.69) is 27.0 Å². The van der Waals surface area contributed by atoms with Gasteiger partial charge in [-0.15, -0.1) is 11.8 Å². The Balaban J connectivity index is 2.06. The van der Waals surface area contributed by atoms with E-state index in [1.807, 2.05) is 44.6 Å². The summed E-state index contributed by atoms with van der Waals surface area (Å²) in [4.78, 5) is 15.5. The topological polar surface area (TPSA) is 32.3 Å². The molecule has 1 unspecified atom stereocenters. The van der Waals surface area contributed by atoms with E-state index in [1.54, 1.807) is 23.1 Å². The molecule has 1 aromatic carbocycles. The van der Waals surface area contributed by atoms with Gasteiger partial charge in [0.2, 0.25) is 0 Å². The van der Waals surface area contributed by atoms with Crippen molar-refractivity contribution in [2.75, 3.05) is 26.9 Å². The Morgan fingerprint density at radius 2 is 2.10 bits per heavy atom. The van der Waals surface area contributed by atoms with Crippen molar-refractivity contribution >= 4 is 29.0 Å². The number of thiophene rings is 1. The molecule has 112 valence electrons. The number of carbonyl (C=O) groups is 1. The summed E-state index contributed by atoms with van der Waals surface area (Å²) in [6, 6.07) is 10.0. The fourth-order valence-corrected chi connectivity index (χ4v) is 3.48. The molecule has 2 rings (SSSR count). The highest BCUT2D eigenvalue weighted by atomic mass is 32.2. The first-order chi connectivity index (χ1) is 10.1. The van der Waals surface area contributed by atoms with E-state index in [0.717, 1.165) is 10.5 Å². The van der Waals surface area contributed by atoms with Crippen LogP contribution in [-0.4, -0.2) is 37.7 Å². The maximum absolute atomic E-state index is 12.4. The van der Waals surface area contributed by atoms with Crippen molar-refractivity contribution in [2.45, 2.75) is 10.9 Å². The molecule has 5 heteroatoms. The first-order valence-corrected chi connectivity index (χ1v) is 8.90. The van der Waals surface area contributed by atoms with Crippen LogP contribution in [0.25, 0.3) is 0 Å². The molecular weight excluding hydrogens is 300 g/mol. The van der Waals surface area contributed by atoms with Crippen molar-refractivity contribution < 1.29 is 4.79 Å². The standard InChI is InChI=1S/C16H20N2OS2/c1-18(2)14(12-8-9-21-11-12)10-17-16(19)13-6-4-5-7-15(13)20-3/h4-9,11,14H,10H2,1-3H3,(H,17,19). The van der Waals surface area contributed by atoms with Gasteiger partial charge in [-0.05, 0) is 54.9 Å². The number of benzene rings is 1. The molecule has 0 saturated heterocycles. The number of likely N-dealkylation sites (N-methyl/N-ethyl adjacent to an activating group) is 1. The van der Waals surface area contributed by atoms with Gasteiger partial charge in [0.25, 0.3) is 5.91 Å². The van der Waals surface area contributed by atoms with Crippen LogP contribution in [0.1, 0.15) is 22.0 Å². The number of nitrogens with zero attached hydrogens (tertiary/aromatic N) is 1. The second kappa shape index (κ2) is 7.64. The van der Waals surface area contributed by atoms with Crippen LogP contribution in [-0.2, 0) is 0 Å². The molecule has 0 bridgehead atoms. The quantitative estimate of drug-likeness (QED) is 0.827. The third-order valence-corrected chi connectivity index (χ3v) is 4.86. The van der Waals surface area contributed by atoms with Crippen LogP contribution in [0, 0.1) is 0 Å². The van der Waals surface area contributed by atoms with Crippen LogP contribution in [0.2, 0.25) is 0 Å². The summed E-state index contributed by atoms with van der Waals surface area (Å²) in [5.41, 5.74) is 1.98. The fraction of sp³-hybridized carbons (Fsp3) is 0.312. The molecular formula is C16H20N2OS2. The molecule has 0 fully saturated rings. The minimum Gasteiger partial charge on any atom is -0.350 e. The minimum atomic E-state index is -0.0120. The summed E-state index contributed by atoms with van der Waals surface area (Å²) in [6.45, 7) is 0.602. The van der Waals surface area contributed by atoms with Crippen molar-refractivity contribution in [3.8, 4) is 0 Å². The van der Waals surface area contributed by atoms with E-state index < -0.39 is 0 Å². The average Bonchev–Trinajstić information content (AvgIpc) is 3.01. The van der Waals surface area contributed by atoms with E-state index in [1.165, 1.54) is 5.56 Å². The van der Waals surface area contributed by atoms with Gasteiger partial charge in [0.1, 0.15) is 0 Å². The van der Waals surface area contributed by atoms with Gasteiger partial charge in [0.15, 0.2) is 0 Å². The van der Waals surface area contributed by atoms with Gasteiger partial charge in [-0.1, -0.05) is 12.1 Å². The zero-order valence-corrected chi connectivity index (χ0v) is 14.1. The molecule has 0 aliphatic heterocycles. The summed E-state index contributed by atoms with van der Waals surface area (Å²) in [5.74, 6) is -0.0120. The lowest BCUT2D eigenvalue weighted by Crippen LogP contribution is -2.34. The average molecular weight is 320 g/mol. The largest absolute Gasteiger partial charge is 0.350 e. The maximum Gasteiger partial charge on any atom is 0.252 e. The molecule has 0 spiro atoms. The summed E-state index contributed by atoms with van der Waals surface area (Å²) in [5, 5.41) is 7.25. The van der Waals surface area contributed by atoms with Crippen LogP contribution < -0.4 is 5.32 Å². The highest BCUT2D eigenvalue weighted by Crippen LogP contribution is 2.22. The second-order valence-electron chi connectivity index (χ2n) is 4.95. The summed E-state index contributed by atoms with van der Waals surface area (Å²) in [6.07, 6.45) is 1.99. The van der Waals surface area contributed by atoms with E-state index in [0.29, 0.717) is 6.54 Å². The van der Waals surface area contributed by atoms with Gasteiger partial charge >= 0.3 is 0 Å². The van der Waals surface area contributed by atoms with Crippen LogP contribution >= 0.6 is 23.1 Å². The van der Waals surface area contributed by atoms with Gasteiger partial charge in [0, 0.05) is 11.4 Å². The van der Waals surface area contributed by atoms with E-state index in [9.17, 15) is 4.79 Å². The Bertz CT molecular complexity index is 582. The lowest BCUT2D eigenvalue weighted by atomic mass is 10.1. The van der Waals surface area contributed by atoms with Gasteiger partial charge in [0.05, 0.1) is 11.6 Å². The first kappa shape index (κ1) is 16.1. The molecule has 3 nitrogen and oxygen atoms in total. The second-order valence-corrected chi connectivity index (χ2v) is 6.57. The minimum absolute atomic E-state index is 0.0120. The molecule has 1 aromatic heterocycles. The number of hydrogen-bond donors (Lipinski definition) is 1. The molecule has 1 atom stereocenters. The molecule has 0 saturated carbocycles. The van der Waals surface area contributed by atoms with Gasteiger partial charge in [-0.3, -0.25) is 4.79 Å². The smallest absolute Gasteiger partial charge is 0.252 e. The molecule has 0 aliphatic rings. The fourth-order valence-electron chi connectivity index (χ4n) is 2.18. The van der Waals surface area contributed by atoms with Crippen LogP contribution in [0.5, 0.6) is 0 Å². The Hall–Kier alpha value is -1.30. The first-order valence-electron chi connectivity index (χ1n) is 6.73. The van der Waals surface area contributed by atoms with E-state index in [-0.39, 0.29) is 11.9 Å². The summed E-state index contributed by atoms with van der Waals surface area (Å²) in [7, 11) is 4.06. The lowest BCUT2D eigenvalue weighted by molar-refractivity contribution is 0.0939. The van der Waals surface area contributed by atoms with Gasteiger partial charge in [-0.25, -0.2) is 0 Å². The molecule has 1 amide bonds.